The molecule has 7 nitrogen and oxygen atoms in total. The van der Waals surface area contributed by atoms with Crippen LogP contribution in [0.1, 0.15) is 25.0 Å². The van der Waals surface area contributed by atoms with Crippen LogP contribution >= 0.6 is 11.3 Å². The lowest BCUT2D eigenvalue weighted by atomic mass is 10.2. The number of hydrogen-bond donors (Lipinski definition) is 2. The van der Waals surface area contributed by atoms with E-state index >= 15 is 0 Å². The van der Waals surface area contributed by atoms with Crippen molar-refractivity contribution >= 4 is 28.5 Å². The van der Waals surface area contributed by atoms with Gasteiger partial charge in [0, 0.05) is 18.4 Å². The number of rotatable bonds is 6. The van der Waals surface area contributed by atoms with Crippen LogP contribution in [0.2, 0.25) is 0 Å². The molecule has 1 unspecified atom stereocenters. The number of anilines is 1. The van der Waals surface area contributed by atoms with E-state index in [1.165, 1.54) is 18.4 Å². The van der Waals surface area contributed by atoms with E-state index in [-0.39, 0.29) is 18.0 Å². The van der Waals surface area contributed by atoms with Gasteiger partial charge in [-0.25, -0.2) is 9.78 Å². The molecule has 1 aromatic rings. The SMILES string of the molecule is COC(=O)CCCc1csc(NC(=O)NC2CCOC2)n1. The van der Waals surface area contributed by atoms with Crippen molar-refractivity contribution in [2.75, 3.05) is 25.6 Å². The Balaban J connectivity index is 1.71. The van der Waals surface area contributed by atoms with Gasteiger partial charge >= 0.3 is 12.0 Å². The van der Waals surface area contributed by atoms with Crippen LogP contribution in [0.15, 0.2) is 5.38 Å². The molecule has 2 N–H and O–H groups in total. The van der Waals surface area contributed by atoms with Crippen LogP contribution in [0.5, 0.6) is 0 Å². The molecule has 0 spiro atoms. The summed E-state index contributed by atoms with van der Waals surface area (Å²) in [6.07, 6.45) is 2.58. The van der Waals surface area contributed by atoms with E-state index in [2.05, 4.69) is 20.4 Å². The number of aromatic nitrogens is 1. The van der Waals surface area contributed by atoms with Crippen molar-refractivity contribution in [1.29, 1.82) is 0 Å². The van der Waals surface area contributed by atoms with Gasteiger partial charge in [0.25, 0.3) is 0 Å². The number of amides is 2. The molecule has 2 rings (SSSR count). The first-order valence-corrected chi connectivity index (χ1v) is 7.72. The molecule has 21 heavy (non-hydrogen) atoms. The van der Waals surface area contributed by atoms with Crippen LogP contribution < -0.4 is 10.6 Å². The molecule has 1 aliphatic heterocycles. The second-order valence-corrected chi connectivity index (χ2v) is 5.59. The summed E-state index contributed by atoms with van der Waals surface area (Å²) in [5.41, 5.74) is 0.864. The van der Waals surface area contributed by atoms with Gasteiger partial charge in [-0.1, -0.05) is 0 Å². The highest BCUT2D eigenvalue weighted by atomic mass is 32.1. The first kappa shape index (κ1) is 15.7. The smallest absolute Gasteiger partial charge is 0.321 e. The first-order chi connectivity index (χ1) is 10.2. The number of nitrogens with zero attached hydrogens (tertiary/aromatic N) is 1. The van der Waals surface area contributed by atoms with E-state index in [4.69, 9.17) is 4.74 Å². The molecule has 0 bridgehead atoms. The zero-order chi connectivity index (χ0) is 15.1. The maximum Gasteiger partial charge on any atom is 0.321 e. The van der Waals surface area contributed by atoms with Gasteiger partial charge in [0.15, 0.2) is 5.13 Å². The average Bonchev–Trinajstić information content (AvgIpc) is 3.10. The normalized spacial score (nSPS) is 17.5. The number of urea groups is 1. The molecule has 1 aliphatic rings. The zero-order valence-electron chi connectivity index (χ0n) is 11.9. The number of thiazole rings is 1. The maximum atomic E-state index is 11.7. The molecular formula is C13H19N3O4S. The molecule has 1 saturated heterocycles. The van der Waals surface area contributed by atoms with Crippen molar-refractivity contribution in [3.8, 4) is 0 Å². The van der Waals surface area contributed by atoms with Gasteiger partial charge in [0.2, 0.25) is 0 Å². The van der Waals surface area contributed by atoms with Crippen LogP contribution in [0, 0.1) is 0 Å². The Morgan fingerprint density at radius 2 is 2.43 bits per heavy atom. The van der Waals surface area contributed by atoms with E-state index in [1.54, 1.807) is 0 Å². The minimum Gasteiger partial charge on any atom is -0.469 e. The lowest BCUT2D eigenvalue weighted by Gasteiger charge is -2.10. The third-order valence-electron chi connectivity index (χ3n) is 3.08. The highest BCUT2D eigenvalue weighted by molar-refractivity contribution is 7.13. The third-order valence-corrected chi connectivity index (χ3v) is 3.89. The standard InChI is InChI=1S/C13H19N3O4S/c1-19-11(17)4-2-3-10-8-21-13(15-10)16-12(18)14-9-5-6-20-7-9/h8-9H,2-7H2,1H3,(H2,14,15,16,18). The summed E-state index contributed by atoms with van der Waals surface area (Å²) in [5.74, 6) is -0.221. The summed E-state index contributed by atoms with van der Waals surface area (Å²) in [6.45, 7) is 1.25. The van der Waals surface area contributed by atoms with Crippen LogP contribution in [0.3, 0.4) is 0 Å². The van der Waals surface area contributed by atoms with Crippen molar-refractivity contribution < 1.29 is 19.1 Å². The minimum absolute atomic E-state index is 0.0736. The van der Waals surface area contributed by atoms with E-state index in [0.29, 0.717) is 37.6 Å². The molecular weight excluding hydrogens is 294 g/mol. The number of carbonyl (C=O) groups excluding carboxylic acids is 2. The Hall–Kier alpha value is -1.67. The fourth-order valence-electron chi connectivity index (χ4n) is 1.96. The maximum absolute atomic E-state index is 11.7. The number of methoxy groups -OCH3 is 1. The van der Waals surface area contributed by atoms with Crippen molar-refractivity contribution in [2.45, 2.75) is 31.7 Å². The van der Waals surface area contributed by atoms with Gasteiger partial charge in [-0.15, -0.1) is 11.3 Å². The van der Waals surface area contributed by atoms with Crippen LogP contribution in [0.4, 0.5) is 9.93 Å². The van der Waals surface area contributed by atoms with E-state index in [9.17, 15) is 9.59 Å². The average molecular weight is 313 g/mol. The Kier molecular flexibility index (Phi) is 5.94. The van der Waals surface area contributed by atoms with Crippen LogP contribution in [-0.2, 0) is 20.7 Å². The minimum atomic E-state index is -0.263. The Morgan fingerprint density at radius 3 is 3.14 bits per heavy atom. The summed E-state index contributed by atoms with van der Waals surface area (Å²) >= 11 is 1.37. The summed E-state index contributed by atoms with van der Waals surface area (Å²) < 4.78 is 9.77. The first-order valence-electron chi connectivity index (χ1n) is 6.84. The third kappa shape index (κ3) is 5.31. The highest BCUT2D eigenvalue weighted by Crippen LogP contribution is 2.17. The Bertz CT molecular complexity index is 486. The van der Waals surface area contributed by atoms with E-state index < -0.39 is 0 Å². The van der Waals surface area contributed by atoms with Gasteiger partial charge < -0.3 is 14.8 Å². The molecule has 1 aromatic heterocycles. The van der Waals surface area contributed by atoms with Gasteiger partial charge in [-0.2, -0.15) is 0 Å². The van der Waals surface area contributed by atoms with Gasteiger partial charge in [-0.3, -0.25) is 10.1 Å². The number of ether oxygens (including phenoxy) is 2. The molecule has 0 saturated carbocycles. The quantitative estimate of drug-likeness (QED) is 0.778. The predicted octanol–water partition coefficient (Wildman–Crippen LogP) is 1.55. The zero-order valence-corrected chi connectivity index (χ0v) is 12.7. The van der Waals surface area contributed by atoms with Gasteiger partial charge in [-0.05, 0) is 19.3 Å². The van der Waals surface area contributed by atoms with Crippen molar-refractivity contribution in [2.24, 2.45) is 0 Å². The fourth-order valence-corrected chi connectivity index (χ4v) is 2.70. The summed E-state index contributed by atoms with van der Waals surface area (Å²) in [6, 6.07) is -0.189. The van der Waals surface area contributed by atoms with Crippen LogP contribution in [0.25, 0.3) is 0 Å². The number of esters is 1. The van der Waals surface area contributed by atoms with Crippen molar-refractivity contribution in [3.63, 3.8) is 0 Å². The lowest BCUT2D eigenvalue weighted by molar-refractivity contribution is -0.140. The summed E-state index contributed by atoms with van der Waals surface area (Å²) in [5, 5.41) is 7.98. The largest absolute Gasteiger partial charge is 0.469 e. The summed E-state index contributed by atoms with van der Waals surface area (Å²) in [7, 11) is 1.38. The number of nitrogens with one attached hydrogen (secondary N) is 2. The molecule has 2 heterocycles. The Morgan fingerprint density at radius 1 is 1.57 bits per heavy atom. The number of aryl methyl sites for hydroxylation is 1. The molecule has 116 valence electrons. The van der Waals surface area contributed by atoms with Crippen molar-refractivity contribution in [1.82, 2.24) is 10.3 Å². The summed E-state index contributed by atoms with van der Waals surface area (Å²) in [4.78, 5) is 27.1. The molecule has 8 heteroatoms. The Labute approximate surface area is 127 Å². The van der Waals surface area contributed by atoms with Crippen LogP contribution in [-0.4, -0.2) is 43.3 Å². The molecule has 1 atom stereocenters. The van der Waals surface area contributed by atoms with E-state index in [1.807, 2.05) is 5.38 Å². The molecule has 2 amide bonds. The fraction of sp³-hybridized carbons (Fsp3) is 0.615. The molecule has 0 radical (unpaired) electrons. The second kappa shape index (κ2) is 7.94. The lowest BCUT2D eigenvalue weighted by Crippen LogP contribution is -2.38. The van der Waals surface area contributed by atoms with E-state index in [0.717, 1.165) is 12.1 Å². The monoisotopic (exact) mass is 313 g/mol. The van der Waals surface area contributed by atoms with Gasteiger partial charge in [0.1, 0.15) is 0 Å². The predicted molar refractivity (Wildman–Crippen MR) is 78.4 cm³/mol. The molecule has 0 aliphatic carbocycles. The number of carbonyl (C=O) groups is 2. The van der Waals surface area contributed by atoms with Crippen molar-refractivity contribution in [3.05, 3.63) is 11.1 Å². The second-order valence-electron chi connectivity index (χ2n) is 4.73. The van der Waals surface area contributed by atoms with Gasteiger partial charge in [0.05, 0.1) is 25.5 Å². The molecule has 1 fully saturated rings. The topological polar surface area (TPSA) is 89.5 Å². The highest BCUT2D eigenvalue weighted by Gasteiger charge is 2.18. The molecule has 0 aromatic carbocycles. The number of hydrogen-bond acceptors (Lipinski definition) is 6.